The summed E-state index contributed by atoms with van der Waals surface area (Å²) in [5.41, 5.74) is 2.07. The summed E-state index contributed by atoms with van der Waals surface area (Å²) in [6.45, 7) is 5.63. The summed E-state index contributed by atoms with van der Waals surface area (Å²) in [5.74, 6) is -0.808. The van der Waals surface area contributed by atoms with Crippen molar-refractivity contribution in [3.05, 3.63) is 89.7 Å². The summed E-state index contributed by atoms with van der Waals surface area (Å²) in [6, 6.07) is 17.8. The lowest BCUT2D eigenvalue weighted by Gasteiger charge is -2.34. The van der Waals surface area contributed by atoms with Crippen LogP contribution in [0.15, 0.2) is 77.7 Å². The first-order chi connectivity index (χ1) is 20.6. The second-order valence-electron chi connectivity index (χ2n) is 10.8. The van der Waals surface area contributed by atoms with Crippen molar-refractivity contribution >= 4 is 27.5 Å². The second kappa shape index (κ2) is 14.5. The van der Waals surface area contributed by atoms with Gasteiger partial charge in [0.1, 0.15) is 24.2 Å². The first-order valence-corrected chi connectivity index (χ1v) is 16.2. The Morgan fingerprint density at radius 2 is 1.67 bits per heavy atom. The Labute approximate surface area is 253 Å². The largest absolute Gasteiger partial charge is 0.494 e. The molecule has 0 aromatic heterocycles. The van der Waals surface area contributed by atoms with Crippen LogP contribution in [0.2, 0.25) is 0 Å². The molecular weight excluding hydrogens is 569 g/mol. The van der Waals surface area contributed by atoms with E-state index in [2.05, 4.69) is 5.32 Å². The number of sulfonamides is 1. The molecule has 2 amide bonds. The molecule has 3 aromatic carbocycles. The third kappa shape index (κ3) is 8.13. The van der Waals surface area contributed by atoms with Crippen LogP contribution in [0.5, 0.6) is 5.75 Å². The Kier molecular flexibility index (Phi) is 10.8. The highest BCUT2D eigenvalue weighted by atomic mass is 32.2. The molecule has 0 spiro atoms. The maximum absolute atomic E-state index is 14.2. The van der Waals surface area contributed by atoms with E-state index in [-0.39, 0.29) is 29.1 Å². The van der Waals surface area contributed by atoms with Crippen molar-refractivity contribution in [1.29, 1.82) is 0 Å². The standard InChI is InChI=1S/C33H40FN3O5S/c1-4-31(33(39)35-27-11-6-7-12-27)36(22-25-10-8-9-24(3)21-25)32(38)23-37(28-15-17-29(18-16-28)42-5-2)43(40,41)30-19-13-26(34)14-20-30/h8-10,13-21,27,31H,4-7,11-12,22-23H2,1-3H3,(H,35,39)/t31-/m0/s1. The fourth-order valence-corrected chi connectivity index (χ4v) is 6.85. The van der Waals surface area contributed by atoms with Gasteiger partial charge in [-0.25, -0.2) is 12.8 Å². The number of hydrogen-bond donors (Lipinski definition) is 1. The van der Waals surface area contributed by atoms with Crippen LogP contribution in [-0.2, 0) is 26.2 Å². The van der Waals surface area contributed by atoms with Crippen LogP contribution >= 0.6 is 0 Å². The molecule has 3 aromatic rings. The molecule has 8 nitrogen and oxygen atoms in total. The summed E-state index contributed by atoms with van der Waals surface area (Å²) in [4.78, 5) is 29.1. The fourth-order valence-electron chi connectivity index (χ4n) is 5.43. The third-order valence-corrected chi connectivity index (χ3v) is 9.43. The highest BCUT2D eigenvalue weighted by Gasteiger charge is 2.34. The molecule has 1 saturated carbocycles. The smallest absolute Gasteiger partial charge is 0.264 e. The van der Waals surface area contributed by atoms with Crippen LogP contribution in [-0.4, -0.2) is 50.4 Å². The van der Waals surface area contributed by atoms with Crippen LogP contribution < -0.4 is 14.4 Å². The lowest BCUT2D eigenvalue weighted by molar-refractivity contribution is -0.140. The van der Waals surface area contributed by atoms with E-state index >= 15 is 0 Å². The topological polar surface area (TPSA) is 96.0 Å². The van der Waals surface area contributed by atoms with Crippen molar-refractivity contribution in [1.82, 2.24) is 10.2 Å². The van der Waals surface area contributed by atoms with E-state index in [1.54, 1.807) is 24.3 Å². The average Bonchev–Trinajstić information content (AvgIpc) is 3.49. The molecule has 1 aliphatic rings. The third-order valence-electron chi connectivity index (χ3n) is 7.64. The quantitative estimate of drug-likeness (QED) is 0.273. The van der Waals surface area contributed by atoms with Crippen molar-refractivity contribution in [3.8, 4) is 5.75 Å². The molecule has 1 N–H and O–H groups in total. The highest BCUT2D eigenvalue weighted by molar-refractivity contribution is 7.92. The van der Waals surface area contributed by atoms with E-state index in [0.717, 1.165) is 53.2 Å². The molecule has 1 atom stereocenters. The number of ether oxygens (including phenoxy) is 1. The Morgan fingerprint density at radius 3 is 2.28 bits per heavy atom. The van der Waals surface area contributed by atoms with Gasteiger partial charge in [-0.2, -0.15) is 0 Å². The van der Waals surface area contributed by atoms with E-state index in [0.29, 0.717) is 18.8 Å². The van der Waals surface area contributed by atoms with E-state index in [1.807, 2.05) is 45.0 Å². The number of halogens is 1. The Balaban J connectivity index is 1.71. The molecule has 10 heteroatoms. The molecule has 1 aliphatic carbocycles. The Bertz CT molecular complexity index is 1490. The molecule has 43 heavy (non-hydrogen) atoms. The van der Waals surface area contributed by atoms with Crippen molar-refractivity contribution in [2.24, 2.45) is 0 Å². The van der Waals surface area contributed by atoms with Crippen LogP contribution in [0.4, 0.5) is 10.1 Å². The number of hydrogen-bond acceptors (Lipinski definition) is 5. The Hall–Kier alpha value is -3.92. The number of carbonyl (C=O) groups excluding carboxylic acids is 2. The molecule has 1 fully saturated rings. The summed E-state index contributed by atoms with van der Waals surface area (Å²) >= 11 is 0. The van der Waals surface area contributed by atoms with Crippen molar-refractivity contribution in [2.75, 3.05) is 17.5 Å². The van der Waals surface area contributed by atoms with E-state index in [1.165, 1.54) is 17.0 Å². The first kappa shape index (κ1) is 32.0. The van der Waals surface area contributed by atoms with Crippen LogP contribution in [0.3, 0.4) is 0 Å². The maximum Gasteiger partial charge on any atom is 0.264 e. The van der Waals surface area contributed by atoms with Gasteiger partial charge in [0, 0.05) is 12.6 Å². The van der Waals surface area contributed by atoms with Gasteiger partial charge in [-0.3, -0.25) is 13.9 Å². The van der Waals surface area contributed by atoms with Gasteiger partial charge in [-0.1, -0.05) is 49.6 Å². The number of amides is 2. The molecule has 0 heterocycles. The van der Waals surface area contributed by atoms with Crippen LogP contribution in [0.1, 0.15) is 57.1 Å². The van der Waals surface area contributed by atoms with Gasteiger partial charge in [0.05, 0.1) is 17.2 Å². The number of rotatable bonds is 13. The highest BCUT2D eigenvalue weighted by Crippen LogP contribution is 2.27. The van der Waals surface area contributed by atoms with Crippen LogP contribution in [0, 0.1) is 12.7 Å². The zero-order chi connectivity index (χ0) is 31.0. The van der Waals surface area contributed by atoms with Gasteiger partial charge in [0.25, 0.3) is 10.0 Å². The number of nitrogens with one attached hydrogen (secondary N) is 1. The normalized spacial score (nSPS) is 14.2. The molecule has 0 unspecified atom stereocenters. The number of carbonyl (C=O) groups is 2. The minimum absolute atomic E-state index is 0.0664. The van der Waals surface area contributed by atoms with Gasteiger partial charge in [-0.15, -0.1) is 0 Å². The van der Waals surface area contributed by atoms with Crippen molar-refractivity contribution in [3.63, 3.8) is 0 Å². The second-order valence-corrected chi connectivity index (χ2v) is 12.7. The lowest BCUT2D eigenvalue weighted by atomic mass is 10.1. The van der Waals surface area contributed by atoms with Gasteiger partial charge in [0.15, 0.2) is 0 Å². The molecule has 0 bridgehead atoms. The summed E-state index contributed by atoms with van der Waals surface area (Å²) in [7, 11) is -4.30. The molecule has 0 radical (unpaired) electrons. The SMILES string of the molecule is CCOc1ccc(N(CC(=O)N(Cc2cccc(C)c2)[C@@H](CC)C(=O)NC2CCCC2)S(=O)(=O)c2ccc(F)cc2)cc1. The Morgan fingerprint density at radius 1 is 1.00 bits per heavy atom. The average molecular weight is 610 g/mol. The van der Waals surface area contributed by atoms with Gasteiger partial charge < -0.3 is 15.0 Å². The number of benzene rings is 3. The molecule has 4 rings (SSSR count). The predicted octanol–water partition coefficient (Wildman–Crippen LogP) is 5.59. The van der Waals surface area contributed by atoms with Gasteiger partial charge in [-0.05, 0) is 87.2 Å². The minimum Gasteiger partial charge on any atom is -0.494 e. The molecule has 0 saturated heterocycles. The van der Waals surface area contributed by atoms with Gasteiger partial charge >= 0.3 is 0 Å². The maximum atomic E-state index is 14.2. The van der Waals surface area contributed by atoms with Crippen LogP contribution in [0.25, 0.3) is 0 Å². The number of anilines is 1. The van der Waals surface area contributed by atoms with E-state index in [4.69, 9.17) is 4.74 Å². The lowest BCUT2D eigenvalue weighted by Crippen LogP contribution is -2.53. The molecule has 230 valence electrons. The molecular formula is C33H40FN3O5S. The zero-order valence-corrected chi connectivity index (χ0v) is 25.8. The summed E-state index contributed by atoms with van der Waals surface area (Å²) < 4.78 is 48.1. The zero-order valence-electron chi connectivity index (χ0n) is 25.0. The fraction of sp³-hybridized carbons (Fsp3) is 0.394. The minimum atomic E-state index is -4.30. The summed E-state index contributed by atoms with van der Waals surface area (Å²) in [6.07, 6.45) is 4.24. The predicted molar refractivity (Wildman–Crippen MR) is 165 cm³/mol. The van der Waals surface area contributed by atoms with E-state index in [9.17, 15) is 22.4 Å². The summed E-state index contributed by atoms with van der Waals surface area (Å²) in [5, 5.41) is 3.11. The number of nitrogens with zero attached hydrogens (tertiary/aromatic N) is 2. The monoisotopic (exact) mass is 609 g/mol. The van der Waals surface area contributed by atoms with Crippen molar-refractivity contribution in [2.45, 2.75) is 76.4 Å². The van der Waals surface area contributed by atoms with Crippen molar-refractivity contribution < 1.29 is 27.1 Å². The number of aryl methyl sites for hydroxylation is 1. The molecule has 0 aliphatic heterocycles. The van der Waals surface area contributed by atoms with Gasteiger partial charge in [0.2, 0.25) is 11.8 Å². The van der Waals surface area contributed by atoms with E-state index < -0.39 is 34.3 Å². The first-order valence-electron chi connectivity index (χ1n) is 14.8.